The van der Waals surface area contributed by atoms with E-state index in [9.17, 15) is 0 Å². The molecular weight excluding hydrogens is 162 g/mol. The Balaban J connectivity index is 3.06. The molecule has 0 aromatic heterocycles. The Morgan fingerprint density at radius 3 is 2.54 bits per heavy atom. The lowest BCUT2D eigenvalue weighted by atomic mass is 10.1. The van der Waals surface area contributed by atoms with Gasteiger partial charge in [-0.15, -0.1) is 0 Å². The fourth-order valence-electron chi connectivity index (χ4n) is 1.15. The van der Waals surface area contributed by atoms with Crippen LogP contribution in [0.2, 0.25) is 0 Å². The normalized spacial score (nSPS) is 10.9. The van der Waals surface area contributed by atoms with Crippen molar-refractivity contribution in [1.29, 1.82) is 0 Å². The minimum atomic E-state index is 0.531. The summed E-state index contributed by atoms with van der Waals surface area (Å²) in [6.07, 6.45) is 3.81. The molecule has 0 unspecified atom stereocenters. The number of hydrogen-bond acceptors (Lipinski definition) is 3. The van der Waals surface area contributed by atoms with Crippen molar-refractivity contribution >= 4 is 17.5 Å². The molecular formula is C10H15N3. The molecule has 0 aliphatic carbocycles. The van der Waals surface area contributed by atoms with E-state index >= 15 is 0 Å². The highest BCUT2D eigenvalue weighted by Gasteiger charge is 1.99. The lowest BCUT2D eigenvalue weighted by molar-refractivity contribution is 1.26. The van der Waals surface area contributed by atoms with Gasteiger partial charge in [-0.25, -0.2) is 0 Å². The van der Waals surface area contributed by atoms with Crippen molar-refractivity contribution in [2.45, 2.75) is 6.92 Å². The molecule has 0 bridgehead atoms. The van der Waals surface area contributed by atoms with Gasteiger partial charge in [0.05, 0.1) is 11.4 Å². The number of aryl methyl sites for hydroxylation is 1. The maximum atomic E-state index is 5.71. The summed E-state index contributed by atoms with van der Waals surface area (Å²) < 4.78 is 0. The lowest BCUT2D eigenvalue weighted by Gasteiger charge is -2.05. The Labute approximate surface area is 78.2 Å². The Hall–Kier alpha value is -1.48. The molecule has 0 spiro atoms. The molecule has 70 valence electrons. The second-order valence-electron chi connectivity index (χ2n) is 2.98. The van der Waals surface area contributed by atoms with Crippen molar-refractivity contribution in [3.05, 3.63) is 29.3 Å². The predicted octanol–water partition coefficient (Wildman–Crippen LogP) is 1.13. The fourth-order valence-corrected chi connectivity index (χ4v) is 1.15. The summed E-state index contributed by atoms with van der Waals surface area (Å²) in [4.78, 5) is 0. The first-order valence-corrected chi connectivity index (χ1v) is 4.17. The van der Waals surface area contributed by atoms with Crippen molar-refractivity contribution in [3.8, 4) is 0 Å². The van der Waals surface area contributed by atoms with E-state index in [2.05, 4.69) is 0 Å². The van der Waals surface area contributed by atoms with Crippen LogP contribution in [-0.4, -0.2) is 6.54 Å². The van der Waals surface area contributed by atoms with E-state index in [-0.39, 0.29) is 0 Å². The zero-order chi connectivity index (χ0) is 9.84. The molecule has 1 rings (SSSR count). The zero-order valence-electron chi connectivity index (χ0n) is 7.75. The van der Waals surface area contributed by atoms with Crippen LogP contribution in [0.1, 0.15) is 11.1 Å². The molecule has 3 nitrogen and oxygen atoms in total. The lowest BCUT2D eigenvalue weighted by Crippen LogP contribution is -1.98. The first-order chi connectivity index (χ1) is 6.15. The molecule has 0 amide bonds. The Morgan fingerprint density at radius 2 is 2.00 bits per heavy atom. The Kier molecular flexibility index (Phi) is 2.93. The van der Waals surface area contributed by atoms with Crippen LogP contribution in [-0.2, 0) is 0 Å². The van der Waals surface area contributed by atoms with Gasteiger partial charge < -0.3 is 17.2 Å². The van der Waals surface area contributed by atoms with Gasteiger partial charge in [0.15, 0.2) is 0 Å². The SMILES string of the molecule is Cc1cc(C=CCN)cc(N)c1N. The van der Waals surface area contributed by atoms with E-state index < -0.39 is 0 Å². The minimum absolute atomic E-state index is 0.531. The van der Waals surface area contributed by atoms with E-state index in [1.807, 2.05) is 31.2 Å². The van der Waals surface area contributed by atoms with E-state index in [1.54, 1.807) is 0 Å². The van der Waals surface area contributed by atoms with Crippen LogP contribution in [0.4, 0.5) is 11.4 Å². The first kappa shape index (κ1) is 9.61. The van der Waals surface area contributed by atoms with Gasteiger partial charge >= 0.3 is 0 Å². The van der Waals surface area contributed by atoms with Crippen molar-refractivity contribution < 1.29 is 0 Å². The molecule has 0 atom stereocenters. The van der Waals surface area contributed by atoms with Crippen molar-refractivity contribution in [3.63, 3.8) is 0 Å². The number of rotatable bonds is 2. The summed E-state index contributed by atoms with van der Waals surface area (Å²) in [5.41, 5.74) is 20.1. The van der Waals surface area contributed by atoms with E-state index in [1.165, 1.54) is 0 Å². The van der Waals surface area contributed by atoms with Gasteiger partial charge in [-0.2, -0.15) is 0 Å². The quantitative estimate of drug-likeness (QED) is 0.592. The largest absolute Gasteiger partial charge is 0.397 e. The summed E-state index contributed by atoms with van der Waals surface area (Å²) >= 11 is 0. The average molecular weight is 177 g/mol. The van der Waals surface area contributed by atoms with Crippen LogP contribution < -0.4 is 17.2 Å². The van der Waals surface area contributed by atoms with Crippen LogP contribution >= 0.6 is 0 Å². The number of nitrogens with two attached hydrogens (primary N) is 3. The summed E-state index contributed by atoms with van der Waals surface area (Å²) in [6.45, 7) is 2.47. The molecule has 0 aliphatic heterocycles. The molecule has 1 aromatic rings. The number of hydrogen-bond donors (Lipinski definition) is 3. The number of nitrogen functional groups attached to an aromatic ring is 2. The maximum Gasteiger partial charge on any atom is 0.0577 e. The van der Waals surface area contributed by atoms with Crippen LogP contribution in [0.25, 0.3) is 6.08 Å². The van der Waals surface area contributed by atoms with Gasteiger partial charge in [0.25, 0.3) is 0 Å². The van der Waals surface area contributed by atoms with E-state index in [0.717, 1.165) is 11.1 Å². The molecule has 6 N–H and O–H groups in total. The zero-order valence-corrected chi connectivity index (χ0v) is 7.75. The van der Waals surface area contributed by atoms with Crippen LogP contribution in [0.5, 0.6) is 0 Å². The van der Waals surface area contributed by atoms with Gasteiger partial charge in [0.2, 0.25) is 0 Å². The molecule has 0 fully saturated rings. The Bertz CT molecular complexity index is 306. The second-order valence-corrected chi connectivity index (χ2v) is 2.98. The third-order valence-electron chi connectivity index (χ3n) is 1.89. The molecule has 0 saturated heterocycles. The molecule has 0 radical (unpaired) electrons. The van der Waals surface area contributed by atoms with Crippen molar-refractivity contribution in [2.75, 3.05) is 18.0 Å². The Morgan fingerprint density at radius 1 is 1.31 bits per heavy atom. The fraction of sp³-hybridized carbons (Fsp3) is 0.200. The molecule has 13 heavy (non-hydrogen) atoms. The average Bonchev–Trinajstić information content (AvgIpc) is 2.10. The standard InChI is InChI=1S/C10H15N3/c1-7-5-8(3-2-4-11)6-9(12)10(7)13/h2-3,5-6H,4,11-13H2,1H3. The van der Waals surface area contributed by atoms with Crippen LogP contribution in [0.3, 0.4) is 0 Å². The summed E-state index contributed by atoms with van der Waals surface area (Å²) in [5.74, 6) is 0. The highest BCUT2D eigenvalue weighted by molar-refractivity contribution is 5.71. The number of benzene rings is 1. The molecule has 1 aromatic carbocycles. The molecule has 0 aliphatic rings. The summed E-state index contributed by atoms with van der Waals surface area (Å²) in [5, 5.41) is 0. The van der Waals surface area contributed by atoms with Crippen LogP contribution in [0, 0.1) is 6.92 Å². The number of anilines is 2. The third-order valence-corrected chi connectivity index (χ3v) is 1.89. The van der Waals surface area contributed by atoms with E-state index in [4.69, 9.17) is 17.2 Å². The molecule has 0 heterocycles. The first-order valence-electron chi connectivity index (χ1n) is 4.17. The van der Waals surface area contributed by atoms with Gasteiger partial charge in [0, 0.05) is 6.54 Å². The van der Waals surface area contributed by atoms with Gasteiger partial charge in [-0.1, -0.05) is 12.2 Å². The predicted molar refractivity (Wildman–Crippen MR) is 58.1 cm³/mol. The molecule has 0 saturated carbocycles. The maximum absolute atomic E-state index is 5.71. The highest BCUT2D eigenvalue weighted by Crippen LogP contribution is 2.21. The summed E-state index contributed by atoms with van der Waals surface area (Å²) in [7, 11) is 0. The van der Waals surface area contributed by atoms with E-state index in [0.29, 0.717) is 17.9 Å². The summed E-state index contributed by atoms with van der Waals surface area (Å²) in [6, 6.07) is 3.83. The molecule has 3 heteroatoms. The van der Waals surface area contributed by atoms with Gasteiger partial charge in [-0.3, -0.25) is 0 Å². The topological polar surface area (TPSA) is 78.1 Å². The monoisotopic (exact) mass is 177 g/mol. The van der Waals surface area contributed by atoms with Crippen molar-refractivity contribution in [2.24, 2.45) is 5.73 Å². The highest BCUT2D eigenvalue weighted by atomic mass is 14.7. The smallest absolute Gasteiger partial charge is 0.0577 e. The van der Waals surface area contributed by atoms with Crippen molar-refractivity contribution in [1.82, 2.24) is 0 Å². The minimum Gasteiger partial charge on any atom is -0.397 e. The third kappa shape index (κ3) is 2.23. The van der Waals surface area contributed by atoms with Gasteiger partial charge in [0.1, 0.15) is 0 Å². The van der Waals surface area contributed by atoms with Crippen LogP contribution in [0.15, 0.2) is 18.2 Å². The second kappa shape index (κ2) is 3.96. The van der Waals surface area contributed by atoms with Gasteiger partial charge in [-0.05, 0) is 30.2 Å².